The lowest BCUT2D eigenvalue weighted by Gasteiger charge is -2.47. The zero-order valence-corrected chi connectivity index (χ0v) is 25.3. The summed E-state index contributed by atoms with van der Waals surface area (Å²) in [7, 11) is 0. The molecular formula is C42H30BN3. The van der Waals surface area contributed by atoms with E-state index < -0.39 is 0 Å². The Hall–Kier alpha value is -5.74. The summed E-state index contributed by atoms with van der Waals surface area (Å²) in [6.07, 6.45) is 4.49. The number of aromatic nitrogens is 1. The number of anilines is 4. The zero-order valence-electron chi connectivity index (χ0n) is 25.3. The molecule has 10 rings (SSSR count). The number of para-hydroxylation sites is 5. The van der Waals surface area contributed by atoms with E-state index in [2.05, 4.69) is 172 Å². The lowest BCUT2D eigenvalue weighted by atomic mass is 9.32. The van der Waals surface area contributed by atoms with Gasteiger partial charge in [0.1, 0.15) is 0 Å². The van der Waals surface area contributed by atoms with Crippen molar-refractivity contribution in [2.45, 2.75) is 12.8 Å². The maximum absolute atomic E-state index is 2.53. The van der Waals surface area contributed by atoms with Crippen molar-refractivity contribution < 1.29 is 0 Å². The van der Waals surface area contributed by atoms with Gasteiger partial charge >= 0.3 is 0 Å². The molecule has 4 heteroatoms. The Kier molecular flexibility index (Phi) is 5.50. The Morgan fingerprint density at radius 3 is 1.87 bits per heavy atom. The Labute approximate surface area is 269 Å². The minimum Gasteiger partial charge on any atom is -0.315 e. The van der Waals surface area contributed by atoms with Gasteiger partial charge in [-0.15, -0.1) is 0 Å². The summed E-state index contributed by atoms with van der Waals surface area (Å²) in [6.45, 7) is 0.135. The predicted octanol–water partition coefficient (Wildman–Crippen LogP) is 9.17. The highest BCUT2D eigenvalue weighted by molar-refractivity contribution is 6.95. The van der Waals surface area contributed by atoms with Gasteiger partial charge in [-0.3, -0.25) is 0 Å². The van der Waals surface area contributed by atoms with Crippen molar-refractivity contribution >= 4 is 62.2 Å². The molecule has 0 saturated carbocycles. The van der Waals surface area contributed by atoms with Crippen LogP contribution in [0, 0.1) is 0 Å². The molecule has 0 bridgehead atoms. The lowest BCUT2D eigenvalue weighted by Crippen LogP contribution is -2.56. The van der Waals surface area contributed by atoms with E-state index in [9.17, 15) is 0 Å². The van der Waals surface area contributed by atoms with E-state index in [-0.39, 0.29) is 6.71 Å². The summed E-state index contributed by atoms with van der Waals surface area (Å²) in [6, 6.07) is 55.5. The molecule has 3 aliphatic rings. The van der Waals surface area contributed by atoms with Gasteiger partial charge < -0.3 is 14.4 Å². The Bertz CT molecular complexity index is 2370. The fourth-order valence-electron chi connectivity index (χ4n) is 8.21. The monoisotopic (exact) mass is 587 g/mol. The van der Waals surface area contributed by atoms with Crippen molar-refractivity contribution in [3.63, 3.8) is 0 Å². The minimum absolute atomic E-state index is 0.135. The lowest BCUT2D eigenvalue weighted by molar-refractivity contribution is 0.882. The van der Waals surface area contributed by atoms with E-state index in [1.165, 1.54) is 78.0 Å². The molecule has 0 radical (unpaired) electrons. The fourth-order valence-corrected chi connectivity index (χ4v) is 8.21. The van der Waals surface area contributed by atoms with Crippen LogP contribution in [0.15, 0.2) is 175 Å². The maximum Gasteiger partial charge on any atom is 0.251 e. The van der Waals surface area contributed by atoms with Gasteiger partial charge in [0.2, 0.25) is 0 Å². The minimum atomic E-state index is 0.135. The number of nitrogens with zero attached hydrogens (tertiary/aromatic N) is 3. The molecular weight excluding hydrogens is 557 g/mol. The normalized spacial score (nSPS) is 15.1. The van der Waals surface area contributed by atoms with Crippen LogP contribution in [0.4, 0.5) is 22.7 Å². The summed E-state index contributed by atoms with van der Waals surface area (Å²) < 4.78 is 2.44. The summed E-state index contributed by atoms with van der Waals surface area (Å²) in [5, 5.41) is 2.57. The topological polar surface area (TPSA) is 11.4 Å². The molecule has 46 heavy (non-hydrogen) atoms. The first-order chi connectivity index (χ1) is 22.9. The molecule has 1 aliphatic carbocycles. The molecule has 0 unspecified atom stereocenters. The molecule has 7 aromatic rings. The number of hydrogen-bond donors (Lipinski definition) is 0. The standard InChI is InChI=1S/C42H30BN3/c1-4-15-29(16-5-1)44-36-23-12-10-21-32(36)33-27-35-41(28-40(33)44)46(31-19-8-3-9-20-31)39-26-14-25-38-42(39)43(35)34-22-11-13-24-37(34)45(38)30-17-6-2-7-18-30/h1-13,15-24,26-28H,14,25H2. The number of fused-ring (bicyclic) bond motifs is 7. The Morgan fingerprint density at radius 1 is 0.478 bits per heavy atom. The predicted molar refractivity (Wildman–Crippen MR) is 194 cm³/mol. The number of rotatable bonds is 3. The van der Waals surface area contributed by atoms with Gasteiger partial charge in [0.25, 0.3) is 6.71 Å². The quantitative estimate of drug-likeness (QED) is 0.191. The van der Waals surface area contributed by atoms with E-state index >= 15 is 0 Å². The van der Waals surface area contributed by atoms with Crippen LogP contribution in [-0.4, -0.2) is 11.3 Å². The first-order valence-corrected chi connectivity index (χ1v) is 16.2. The molecule has 3 nitrogen and oxygen atoms in total. The van der Waals surface area contributed by atoms with E-state index in [0.717, 1.165) is 12.8 Å². The fraction of sp³-hybridized carbons (Fsp3) is 0.0476. The third kappa shape index (κ3) is 3.55. The SMILES string of the molecule is C1=C2C3=C(CC1)N(c1ccccc1)c1ccccc1B3c1cc3c4ccccc4n(-c4ccccc4)c3cc1N2c1ccccc1. The number of allylic oxidation sites excluding steroid dienone is 3. The molecule has 0 spiro atoms. The van der Waals surface area contributed by atoms with Crippen LogP contribution in [0.5, 0.6) is 0 Å². The Morgan fingerprint density at radius 2 is 1.11 bits per heavy atom. The highest BCUT2D eigenvalue weighted by atomic mass is 15.2. The van der Waals surface area contributed by atoms with Gasteiger partial charge in [-0.1, -0.05) is 103 Å². The van der Waals surface area contributed by atoms with E-state index in [1.54, 1.807) is 0 Å². The molecule has 3 heterocycles. The van der Waals surface area contributed by atoms with E-state index in [1.807, 2.05) is 0 Å². The maximum atomic E-state index is 2.53. The molecule has 0 N–H and O–H groups in total. The molecule has 0 saturated heterocycles. The van der Waals surface area contributed by atoms with Gasteiger partial charge in [-0.25, -0.2) is 0 Å². The number of hydrogen-bond acceptors (Lipinski definition) is 2. The van der Waals surface area contributed by atoms with Gasteiger partial charge in [0, 0.05) is 50.6 Å². The first-order valence-electron chi connectivity index (χ1n) is 16.2. The number of benzene rings is 6. The smallest absolute Gasteiger partial charge is 0.251 e. The van der Waals surface area contributed by atoms with Crippen LogP contribution in [0.2, 0.25) is 0 Å². The van der Waals surface area contributed by atoms with Gasteiger partial charge in [0.15, 0.2) is 0 Å². The third-order valence-electron chi connectivity index (χ3n) is 10.0. The summed E-state index contributed by atoms with van der Waals surface area (Å²) in [5.41, 5.74) is 15.4. The summed E-state index contributed by atoms with van der Waals surface area (Å²) >= 11 is 0. The zero-order chi connectivity index (χ0) is 30.2. The largest absolute Gasteiger partial charge is 0.315 e. The van der Waals surface area contributed by atoms with Crippen LogP contribution in [-0.2, 0) is 0 Å². The molecule has 6 aromatic carbocycles. The second kappa shape index (κ2) is 9.88. The first kappa shape index (κ1) is 25.6. The summed E-state index contributed by atoms with van der Waals surface area (Å²) in [4.78, 5) is 5.06. The van der Waals surface area contributed by atoms with Crippen LogP contribution < -0.4 is 20.7 Å². The van der Waals surface area contributed by atoms with Crippen molar-refractivity contribution in [1.29, 1.82) is 0 Å². The third-order valence-corrected chi connectivity index (χ3v) is 10.0. The summed E-state index contributed by atoms with van der Waals surface area (Å²) in [5.74, 6) is 0. The van der Waals surface area contributed by atoms with Crippen molar-refractivity contribution in [3.8, 4) is 5.69 Å². The van der Waals surface area contributed by atoms with Crippen LogP contribution in [0.25, 0.3) is 27.5 Å². The van der Waals surface area contributed by atoms with Crippen molar-refractivity contribution in [2.24, 2.45) is 0 Å². The highest BCUT2D eigenvalue weighted by Gasteiger charge is 2.46. The second-order valence-corrected chi connectivity index (χ2v) is 12.4. The molecule has 0 atom stereocenters. The molecule has 2 aliphatic heterocycles. The van der Waals surface area contributed by atoms with Gasteiger partial charge in [-0.2, -0.15) is 0 Å². The van der Waals surface area contributed by atoms with Crippen LogP contribution >= 0.6 is 0 Å². The van der Waals surface area contributed by atoms with Gasteiger partial charge in [0.05, 0.1) is 11.0 Å². The van der Waals surface area contributed by atoms with Crippen molar-refractivity contribution in [3.05, 3.63) is 175 Å². The average molecular weight is 588 g/mol. The van der Waals surface area contributed by atoms with Crippen molar-refractivity contribution in [2.75, 3.05) is 9.80 Å². The van der Waals surface area contributed by atoms with Crippen LogP contribution in [0.3, 0.4) is 0 Å². The van der Waals surface area contributed by atoms with E-state index in [0.29, 0.717) is 0 Å². The molecule has 216 valence electrons. The Balaban J connectivity index is 1.34. The molecule has 1 aromatic heterocycles. The second-order valence-electron chi connectivity index (χ2n) is 12.4. The average Bonchev–Trinajstić information content (AvgIpc) is 3.45. The van der Waals surface area contributed by atoms with E-state index in [4.69, 9.17) is 0 Å². The van der Waals surface area contributed by atoms with Crippen molar-refractivity contribution in [1.82, 2.24) is 4.57 Å². The van der Waals surface area contributed by atoms with Crippen LogP contribution in [0.1, 0.15) is 12.8 Å². The highest BCUT2D eigenvalue weighted by Crippen LogP contribution is 2.48. The molecule has 0 amide bonds. The molecule has 0 fully saturated rings. The van der Waals surface area contributed by atoms with Gasteiger partial charge in [-0.05, 0) is 83.8 Å².